The summed E-state index contributed by atoms with van der Waals surface area (Å²) in [7, 11) is 0. The molecule has 29 heavy (non-hydrogen) atoms. The zero-order chi connectivity index (χ0) is 20.4. The van der Waals surface area contributed by atoms with E-state index in [2.05, 4.69) is 20.8 Å². The Morgan fingerprint density at radius 2 is 2.00 bits per heavy atom. The first kappa shape index (κ1) is 19.1. The molecule has 1 atom stereocenters. The Morgan fingerprint density at radius 1 is 1.21 bits per heavy atom. The van der Waals surface area contributed by atoms with E-state index in [9.17, 15) is 9.59 Å². The summed E-state index contributed by atoms with van der Waals surface area (Å²) < 4.78 is 7.26. The van der Waals surface area contributed by atoms with Crippen LogP contribution in [-0.4, -0.2) is 33.8 Å². The molecule has 150 valence electrons. The lowest BCUT2D eigenvalue weighted by Crippen LogP contribution is -2.30. The van der Waals surface area contributed by atoms with Gasteiger partial charge in [0.05, 0.1) is 5.69 Å². The molecule has 2 N–H and O–H groups in total. The van der Waals surface area contributed by atoms with Crippen molar-refractivity contribution in [1.82, 2.24) is 20.1 Å². The van der Waals surface area contributed by atoms with Gasteiger partial charge in [-0.15, -0.1) is 10.2 Å². The van der Waals surface area contributed by atoms with E-state index in [0.717, 1.165) is 37.2 Å². The lowest BCUT2D eigenvalue weighted by atomic mass is 9.95. The van der Waals surface area contributed by atoms with Crippen molar-refractivity contribution in [2.24, 2.45) is 0 Å². The van der Waals surface area contributed by atoms with Gasteiger partial charge >= 0.3 is 5.63 Å². The zero-order valence-corrected chi connectivity index (χ0v) is 16.4. The third kappa shape index (κ3) is 3.97. The number of piperidine rings is 1. The predicted molar refractivity (Wildman–Crippen MR) is 109 cm³/mol. The van der Waals surface area contributed by atoms with Crippen LogP contribution in [0.2, 0.25) is 0 Å². The van der Waals surface area contributed by atoms with Crippen LogP contribution in [0.3, 0.4) is 0 Å². The Balaban J connectivity index is 1.60. The lowest BCUT2D eigenvalue weighted by Gasteiger charge is -2.22. The van der Waals surface area contributed by atoms with Crippen LogP contribution in [0.25, 0.3) is 5.69 Å². The minimum absolute atomic E-state index is 0.0339. The topological polar surface area (TPSA) is 102 Å². The number of hydrogen-bond acceptors (Lipinski definition) is 6. The van der Waals surface area contributed by atoms with E-state index < -0.39 is 11.5 Å². The maximum absolute atomic E-state index is 12.9. The van der Waals surface area contributed by atoms with E-state index in [1.54, 1.807) is 24.1 Å². The summed E-state index contributed by atoms with van der Waals surface area (Å²) in [4.78, 5) is 25.5. The van der Waals surface area contributed by atoms with Crippen molar-refractivity contribution < 1.29 is 9.21 Å². The highest BCUT2D eigenvalue weighted by atomic mass is 16.4. The third-order valence-corrected chi connectivity index (χ3v) is 5.28. The number of hydrogen-bond donors (Lipinski definition) is 2. The van der Waals surface area contributed by atoms with E-state index in [4.69, 9.17) is 4.42 Å². The number of carbonyl (C=O) groups is 1. The molecule has 4 rings (SSSR count). The Kier molecular flexibility index (Phi) is 5.26. The number of rotatable bonds is 4. The molecule has 1 saturated heterocycles. The molecule has 0 aliphatic carbocycles. The van der Waals surface area contributed by atoms with Gasteiger partial charge in [0.15, 0.2) is 0 Å². The first-order chi connectivity index (χ1) is 14.0. The van der Waals surface area contributed by atoms with Gasteiger partial charge in [-0.3, -0.25) is 9.36 Å². The molecule has 1 aromatic carbocycles. The van der Waals surface area contributed by atoms with E-state index in [0.29, 0.717) is 17.0 Å². The van der Waals surface area contributed by atoms with E-state index in [1.807, 2.05) is 31.2 Å². The second kappa shape index (κ2) is 8.00. The fourth-order valence-corrected chi connectivity index (χ4v) is 3.63. The van der Waals surface area contributed by atoms with Crippen molar-refractivity contribution in [2.45, 2.75) is 32.6 Å². The molecule has 8 nitrogen and oxygen atoms in total. The molecule has 8 heteroatoms. The normalized spacial score (nSPS) is 16.6. The number of nitrogens with one attached hydrogen (secondary N) is 2. The summed E-state index contributed by atoms with van der Waals surface area (Å²) in [5.41, 5.74) is 2.34. The second-order valence-corrected chi connectivity index (χ2v) is 7.36. The van der Waals surface area contributed by atoms with Gasteiger partial charge < -0.3 is 15.1 Å². The van der Waals surface area contributed by atoms with Crippen molar-refractivity contribution in [1.29, 1.82) is 0 Å². The molecule has 0 radical (unpaired) electrons. The summed E-state index contributed by atoms with van der Waals surface area (Å²) in [5.74, 6) is 0.325. The van der Waals surface area contributed by atoms with Crippen LogP contribution in [0.15, 0.2) is 46.1 Å². The number of anilines is 1. The van der Waals surface area contributed by atoms with E-state index >= 15 is 0 Å². The summed E-state index contributed by atoms with van der Waals surface area (Å²) in [6.45, 7) is 5.42. The lowest BCUT2D eigenvalue weighted by molar-refractivity contribution is 0.102. The highest BCUT2D eigenvalue weighted by molar-refractivity contribution is 6.05. The van der Waals surface area contributed by atoms with E-state index in [-0.39, 0.29) is 11.5 Å². The predicted octanol–water partition coefficient (Wildman–Crippen LogP) is 2.56. The first-order valence-corrected chi connectivity index (χ1v) is 9.65. The smallest absolute Gasteiger partial charge is 0.349 e. The van der Waals surface area contributed by atoms with Gasteiger partial charge in [-0.25, -0.2) is 4.79 Å². The van der Waals surface area contributed by atoms with Crippen molar-refractivity contribution in [3.05, 3.63) is 69.8 Å². The van der Waals surface area contributed by atoms with Crippen molar-refractivity contribution in [3.8, 4) is 5.69 Å². The maximum Gasteiger partial charge on any atom is 0.349 e. The Hall–Kier alpha value is -3.26. The second-order valence-electron chi connectivity index (χ2n) is 7.36. The first-order valence-electron chi connectivity index (χ1n) is 9.65. The summed E-state index contributed by atoms with van der Waals surface area (Å²) >= 11 is 0. The van der Waals surface area contributed by atoms with Gasteiger partial charge in [0.25, 0.3) is 5.91 Å². The van der Waals surface area contributed by atoms with Crippen LogP contribution in [0.5, 0.6) is 0 Å². The fraction of sp³-hybridized carbons (Fsp3) is 0.333. The molecule has 0 saturated carbocycles. The van der Waals surface area contributed by atoms with Gasteiger partial charge in [-0.1, -0.05) is 6.07 Å². The third-order valence-electron chi connectivity index (χ3n) is 5.28. The van der Waals surface area contributed by atoms with Crippen LogP contribution < -0.4 is 16.3 Å². The molecule has 0 bridgehead atoms. The van der Waals surface area contributed by atoms with Crippen LogP contribution in [0, 0.1) is 13.8 Å². The van der Waals surface area contributed by atoms with Crippen molar-refractivity contribution in [2.75, 3.05) is 18.4 Å². The fourth-order valence-electron chi connectivity index (χ4n) is 3.63. The Labute approximate surface area is 168 Å². The zero-order valence-electron chi connectivity index (χ0n) is 16.4. The molecule has 1 aliphatic rings. The van der Waals surface area contributed by atoms with Gasteiger partial charge in [0.1, 0.15) is 24.0 Å². The molecule has 1 amide bonds. The standard InChI is InChI=1S/C21H23N5O3/c1-13-5-6-16(26-11-23-24-12-26)9-17(13)25-20(27)19-14(2)8-18(29-21(19)28)15-4-3-7-22-10-15/h5-6,8-9,11-12,15,22H,3-4,7,10H2,1-2H3,(H,25,27). The SMILES string of the molecule is Cc1ccc(-n2cnnc2)cc1NC(=O)c1c(C)cc(C2CCCNC2)oc1=O. The average Bonchev–Trinajstić information content (AvgIpc) is 3.24. The quantitative estimate of drug-likeness (QED) is 0.706. The van der Waals surface area contributed by atoms with Gasteiger partial charge in [0.2, 0.25) is 0 Å². The molecule has 1 aliphatic heterocycles. The largest absolute Gasteiger partial charge is 0.427 e. The number of carbonyl (C=O) groups excluding carboxylic acids is 1. The molecule has 3 heterocycles. The molecular formula is C21H23N5O3. The minimum Gasteiger partial charge on any atom is -0.427 e. The van der Waals surface area contributed by atoms with Crippen LogP contribution in [0.1, 0.15) is 46.0 Å². The Bertz CT molecular complexity index is 1080. The van der Waals surface area contributed by atoms with Gasteiger partial charge in [-0.05, 0) is 62.6 Å². The summed E-state index contributed by atoms with van der Waals surface area (Å²) in [6, 6.07) is 7.42. The Morgan fingerprint density at radius 3 is 2.69 bits per heavy atom. The highest BCUT2D eigenvalue weighted by Gasteiger charge is 2.23. The van der Waals surface area contributed by atoms with Gasteiger partial charge in [0, 0.05) is 18.2 Å². The molecule has 1 unspecified atom stereocenters. The molecule has 0 spiro atoms. The molecule has 2 aromatic heterocycles. The number of aryl methyl sites for hydroxylation is 2. The molecular weight excluding hydrogens is 370 g/mol. The number of nitrogens with zero attached hydrogens (tertiary/aromatic N) is 3. The number of aromatic nitrogens is 3. The molecule has 1 fully saturated rings. The summed E-state index contributed by atoms with van der Waals surface area (Å²) in [6.07, 6.45) is 5.16. The highest BCUT2D eigenvalue weighted by Crippen LogP contribution is 2.24. The van der Waals surface area contributed by atoms with E-state index in [1.165, 1.54) is 0 Å². The van der Waals surface area contributed by atoms with Crippen LogP contribution in [0.4, 0.5) is 5.69 Å². The molecule has 3 aromatic rings. The number of benzene rings is 1. The van der Waals surface area contributed by atoms with Gasteiger partial charge in [-0.2, -0.15) is 0 Å². The van der Waals surface area contributed by atoms with Crippen molar-refractivity contribution in [3.63, 3.8) is 0 Å². The van der Waals surface area contributed by atoms with Crippen LogP contribution >= 0.6 is 0 Å². The van der Waals surface area contributed by atoms with Crippen LogP contribution in [-0.2, 0) is 0 Å². The monoisotopic (exact) mass is 393 g/mol. The number of amides is 1. The van der Waals surface area contributed by atoms with Crippen molar-refractivity contribution >= 4 is 11.6 Å². The maximum atomic E-state index is 12.9. The summed E-state index contributed by atoms with van der Waals surface area (Å²) in [5, 5.41) is 13.8. The average molecular weight is 393 g/mol. The minimum atomic E-state index is -0.601.